The fourth-order valence-corrected chi connectivity index (χ4v) is 7.84. The zero-order valence-corrected chi connectivity index (χ0v) is 16.0. The van der Waals surface area contributed by atoms with Crippen molar-refractivity contribution in [3.05, 3.63) is 0 Å². The highest BCUT2D eigenvalue weighted by atomic mass is 16.3. The van der Waals surface area contributed by atoms with Crippen LogP contribution >= 0.6 is 0 Å². The molecule has 8 atom stereocenters. The molecule has 0 radical (unpaired) electrons. The van der Waals surface area contributed by atoms with Gasteiger partial charge in [0.15, 0.2) is 0 Å². The van der Waals surface area contributed by atoms with Crippen molar-refractivity contribution in [2.45, 2.75) is 84.7 Å². The molecule has 0 unspecified atom stereocenters. The summed E-state index contributed by atoms with van der Waals surface area (Å²) in [5, 5.41) is 15.1. The highest BCUT2D eigenvalue weighted by Crippen LogP contribution is 2.68. The van der Waals surface area contributed by atoms with E-state index in [-0.39, 0.29) is 5.41 Å². The molecular weight excluding hydrogens is 296 g/mol. The summed E-state index contributed by atoms with van der Waals surface area (Å²) in [4.78, 5) is 0. The molecule has 4 fully saturated rings. The second-order valence-corrected chi connectivity index (χ2v) is 10.4. The first-order valence-electron chi connectivity index (χ1n) is 10.2. The van der Waals surface area contributed by atoms with Crippen LogP contribution in [0, 0.1) is 40.4 Å². The smallest absolute Gasteiger partial charge is 0.0675 e. The molecule has 24 heavy (non-hydrogen) atoms. The maximum absolute atomic E-state index is 11.0. The molecule has 0 amide bonds. The van der Waals surface area contributed by atoms with E-state index in [0.29, 0.717) is 11.3 Å². The van der Waals surface area contributed by atoms with Crippen LogP contribution in [-0.2, 0) is 0 Å². The van der Waals surface area contributed by atoms with Crippen molar-refractivity contribution < 1.29 is 5.11 Å². The first kappa shape index (κ1) is 16.9. The van der Waals surface area contributed by atoms with Crippen LogP contribution in [0.5, 0.6) is 0 Å². The predicted molar refractivity (Wildman–Crippen MR) is 98.5 cm³/mol. The van der Waals surface area contributed by atoms with Crippen LogP contribution in [0.4, 0.5) is 0 Å². The van der Waals surface area contributed by atoms with Gasteiger partial charge in [-0.1, -0.05) is 20.8 Å². The Morgan fingerprint density at radius 3 is 2.46 bits per heavy atom. The van der Waals surface area contributed by atoms with E-state index in [0.717, 1.165) is 36.5 Å². The van der Waals surface area contributed by atoms with Gasteiger partial charge in [-0.2, -0.15) is 5.10 Å². The maximum Gasteiger partial charge on any atom is 0.0675 e. The second-order valence-electron chi connectivity index (χ2n) is 10.4. The molecule has 0 saturated heterocycles. The third-order valence-corrected chi connectivity index (χ3v) is 9.56. The standard InChI is InChI=1S/C21H36N2O/c1-13-12-19(2)14(11-18(13)23-22)5-6-15-16(19)7-9-20(3)17(15)8-10-21(20,4)24/h13-17,24H,5-12,22H2,1-4H3/t13-,14-,15-,16+,17+,19+,20+,21+/m1/s1. The van der Waals surface area contributed by atoms with Gasteiger partial charge in [0.25, 0.3) is 0 Å². The molecule has 136 valence electrons. The summed E-state index contributed by atoms with van der Waals surface area (Å²) < 4.78 is 0. The van der Waals surface area contributed by atoms with Crippen LogP contribution in [-0.4, -0.2) is 16.4 Å². The van der Waals surface area contributed by atoms with Gasteiger partial charge in [0.2, 0.25) is 0 Å². The Balaban J connectivity index is 1.64. The molecule has 4 aliphatic carbocycles. The molecule has 4 rings (SSSR count). The van der Waals surface area contributed by atoms with Gasteiger partial charge in [0, 0.05) is 5.71 Å². The summed E-state index contributed by atoms with van der Waals surface area (Å²) in [6.45, 7) is 9.39. The molecule has 3 nitrogen and oxygen atoms in total. The Labute approximate surface area is 147 Å². The monoisotopic (exact) mass is 332 g/mol. The third-order valence-electron chi connectivity index (χ3n) is 9.56. The fourth-order valence-electron chi connectivity index (χ4n) is 7.84. The van der Waals surface area contributed by atoms with E-state index in [9.17, 15) is 5.11 Å². The van der Waals surface area contributed by atoms with E-state index in [2.05, 4.69) is 32.8 Å². The van der Waals surface area contributed by atoms with Crippen molar-refractivity contribution in [1.82, 2.24) is 0 Å². The summed E-state index contributed by atoms with van der Waals surface area (Å²) in [6.07, 6.45) is 9.81. The van der Waals surface area contributed by atoms with E-state index in [1.54, 1.807) is 0 Å². The van der Waals surface area contributed by atoms with Gasteiger partial charge in [-0.05, 0) is 98.7 Å². The quantitative estimate of drug-likeness (QED) is 0.512. The van der Waals surface area contributed by atoms with Crippen LogP contribution in [0.1, 0.15) is 79.1 Å². The number of aliphatic hydroxyl groups is 1. The molecule has 3 N–H and O–H groups in total. The third kappa shape index (κ3) is 2.03. The molecule has 0 aromatic rings. The van der Waals surface area contributed by atoms with E-state index in [1.807, 2.05) is 0 Å². The van der Waals surface area contributed by atoms with Gasteiger partial charge in [-0.25, -0.2) is 0 Å². The fraction of sp³-hybridized carbons (Fsp3) is 0.952. The first-order valence-corrected chi connectivity index (χ1v) is 10.2. The zero-order chi connectivity index (χ0) is 17.3. The van der Waals surface area contributed by atoms with E-state index in [4.69, 9.17) is 5.84 Å². The normalized spacial score (nSPS) is 58.9. The summed E-state index contributed by atoms with van der Waals surface area (Å²) >= 11 is 0. The van der Waals surface area contributed by atoms with Crippen molar-refractivity contribution in [1.29, 1.82) is 0 Å². The number of fused-ring (bicyclic) bond motifs is 5. The highest BCUT2D eigenvalue weighted by Gasteiger charge is 2.63. The zero-order valence-electron chi connectivity index (χ0n) is 16.0. The van der Waals surface area contributed by atoms with E-state index in [1.165, 1.54) is 44.2 Å². The topological polar surface area (TPSA) is 58.6 Å². The molecule has 0 heterocycles. The Kier molecular flexibility index (Phi) is 3.67. The predicted octanol–water partition coefficient (Wildman–Crippen LogP) is 4.34. The number of hydrogen-bond donors (Lipinski definition) is 2. The van der Waals surface area contributed by atoms with Gasteiger partial charge in [-0.15, -0.1) is 0 Å². The molecule has 0 bridgehead atoms. The Bertz CT molecular complexity index is 556. The molecule has 4 aliphatic rings. The van der Waals surface area contributed by atoms with Gasteiger partial charge in [0.1, 0.15) is 0 Å². The van der Waals surface area contributed by atoms with Gasteiger partial charge in [-0.3, -0.25) is 0 Å². The lowest BCUT2D eigenvalue weighted by Gasteiger charge is -2.61. The van der Waals surface area contributed by atoms with Crippen LogP contribution in [0.25, 0.3) is 0 Å². The summed E-state index contributed by atoms with van der Waals surface area (Å²) in [7, 11) is 0. The average molecular weight is 333 g/mol. The maximum atomic E-state index is 11.0. The van der Waals surface area contributed by atoms with Gasteiger partial charge < -0.3 is 10.9 Å². The number of rotatable bonds is 0. The SMILES string of the molecule is C[C@@H]1C[C@@]2(C)[C@H](CC[C@@H]3[C@@H]2CC[C@@]2(C)[C@H]3CC[C@]2(C)O)CC1=NN. The molecule has 0 spiro atoms. The minimum absolute atomic E-state index is 0.140. The van der Waals surface area contributed by atoms with Crippen LogP contribution in [0.15, 0.2) is 5.10 Å². The first-order chi connectivity index (χ1) is 11.2. The van der Waals surface area contributed by atoms with E-state index < -0.39 is 5.60 Å². The van der Waals surface area contributed by atoms with Crippen molar-refractivity contribution in [3.63, 3.8) is 0 Å². The molecule has 0 aromatic heterocycles. The Hall–Kier alpha value is -0.570. The largest absolute Gasteiger partial charge is 0.390 e. The molecule has 0 aliphatic heterocycles. The van der Waals surface area contributed by atoms with Gasteiger partial charge >= 0.3 is 0 Å². The molecule has 0 aromatic carbocycles. The van der Waals surface area contributed by atoms with Crippen molar-refractivity contribution in [2.75, 3.05) is 0 Å². The lowest BCUT2D eigenvalue weighted by Crippen LogP contribution is -2.56. The van der Waals surface area contributed by atoms with Gasteiger partial charge in [0.05, 0.1) is 5.60 Å². The van der Waals surface area contributed by atoms with E-state index >= 15 is 0 Å². The summed E-state index contributed by atoms with van der Waals surface area (Å²) in [5.41, 5.74) is 1.38. The van der Waals surface area contributed by atoms with Crippen LogP contribution in [0.3, 0.4) is 0 Å². The minimum Gasteiger partial charge on any atom is -0.390 e. The molecule has 4 saturated carbocycles. The summed E-state index contributed by atoms with van der Waals surface area (Å²) in [6, 6.07) is 0. The summed E-state index contributed by atoms with van der Waals surface area (Å²) in [5.74, 6) is 9.36. The lowest BCUT2D eigenvalue weighted by atomic mass is 9.44. The Morgan fingerprint density at radius 1 is 1.04 bits per heavy atom. The number of nitrogens with two attached hydrogens (primary N) is 1. The van der Waals surface area contributed by atoms with Crippen molar-refractivity contribution >= 4 is 5.71 Å². The number of hydrogen-bond acceptors (Lipinski definition) is 3. The second kappa shape index (κ2) is 5.22. The number of hydrazone groups is 1. The lowest BCUT2D eigenvalue weighted by molar-refractivity contribution is -0.142. The van der Waals surface area contributed by atoms with Crippen molar-refractivity contribution in [3.8, 4) is 0 Å². The Morgan fingerprint density at radius 2 is 1.75 bits per heavy atom. The van der Waals surface area contributed by atoms with Crippen LogP contribution in [0.2, 0.25) is 0 Å². The molecule has 3 heteroatoms. The average Bonchev–Trinajstić information content (AvgIpc) is 2.76. The van der Waals surface area contributed by atoms with Crippen molar-refractivity contribution in [2.24, 2.45) is 51.4 Å². The van der Waals surface area contributed by atoms with Crippen LogP contribution < -0.4 is 5.84 Å². The molecular formula is C21H36N2O. The highest BCUT2D eigenvalue weighted by molar-refractivity contribution is 5.87. The minimum atomic E-state index is -0.459. The number of nitrogens with zero attached hydrogens (tertiary/aromatic N) is 1.